The van der Waals surface area contributed by atoms with Crippen molar-refractivity contribution in [1.82, 2.24) is 10.2 Å². The Labute approximate surface area is 116 Å². The number of carbonyl (C=O) groups is 2. The first-order valence-corrected chi connectivity index (χ1v) is 7.73. The molecule has 0 bridgehead atoms. The fourth-order valence-electron chi connectivity index (χ4n) is 2.74. The molecule has 0 atom stereocenters. The Morgan fingerprint density at radius 2 is 2.11 bits per heavy atom. The highest BCUT2D eigenvalue weighted by Gasteiger charge is 2.24. The van der Waals surface area contributed by atoms with E-state index < -0.39 is 0 Å². The van der Waals surface area contributed by atoms with Crippen molar-refractivity contribution < 1.29 is 9.59 Å². The van der Waals surface area contributed by atoms with Crippen LogP contribution in [0, 0.1) is 0 Å². The van der Waals surface area contributed by atoms with Crippen LogP contribution in [-0.2, 0) is 17.6 Å². The first-order valence-electron chi connectivity index (χ1n) is 6.91. The van der Waals surface area contributed by atoms with Gasteiger partial charge in [0.05, 0.1) is 11.4 Å². The number of carbonyl (C=O) groups excluding carboxylic acids is 2. The van der Waals surface area contributed by atoms with Crippen molar-refractivity contribution in [3.05, 3.63) is 21.4 Å². The van der Waals surface area contributed by atoms with E-state index in [0.717, 1.165) is 17.7 Å². The molecule has 3 rings (SSSR count). The lowest BCUT2D eigenvalue weighted by atomic mass is 10.1. The van der Waals surface area contributed by atoms with E-state index in [1.54, 1.807) is 16.2 Å². The smallest absolute Gasteiger partial charge is 0.264 e. The molecular weight excluding hydrogens is 260 g/mol. The maximum Gasteiger partial charge on any atom is 0.264 e. The van der Waals surface area contributed by atoms with Gasteiger partial charge in [-0.2, -0.15) is 0 Å². The Morgan fingerprint density at radius 1 is 1.26 bits per heavy atom. The summed E-state index contributed by atoms with van der Waals surface area (Å²) >= 11 is 1.63. The van der Waals surface area contributed by atoms with E-state index in [9.17, 15) is 9.59 Å². The van der Waals surface area contributed by atoms with Crippen molar-refractivity contribution in [3.8, 4) is 0 Å². The van der Waals surface area contributed by atoms with Crippen LogP contribution < -0.4 is 5.32 Å². The van der Waals surface area contributed by atoms with Crippen LogP contribution in [0.15, 0.2) is 6.07 Å². The molecule has 1 N–H and O–H groups in total. The van der Waals surface area contributed by atoms with Gasteiger partial charge >= 0.3 is 0 Å². The first kappa shape index (κ1) is 12.7. The average Bonchev–Trinajstić information content (AvgIpc) is 2.69. The van der Waals surface area contributed by atoms with Crippen molar-refractivity contribution in [2.24, 2.45) is 0 Å². The summed E-state index contributed by atoms with van der Waals surface area (Å²) in [5.74, 6) is -0.0364. The highest BCUT2D eigenvalue weighted by Crippen LogP contribution is 2.29. The van der Waals surface area contributed by atoms with Crippen molar-refractivity contribution in [2.75, 3.05) is 19.6 Å². The van der Waals surface area contributed by atoms with Gasteiger partial charge in [-0.3, -0.25) is 9.59 Å². The molecule has 0 aromatic carbocycles. The Hall–Kier alpha value is -1.36. The molecular formula is C14H18N2O2S. The quantitative estimate of drug-likeness (QED) is 0.793. The van der Waals surface area contributed by atoms with Crippen LogP contribution in [0.2, 0.25) is 0 Å². The van der Waals surface area contributed by atoms with Crippen LogP contribution in [0.1, 0.15) is 39.4 Å². The zero-order valence-electron chi connectivity index (χ0n) is 10.9. The van der Waals surface area contributed by atoms with Gasteiger partial charge in [-0.25, -0.2) is 0 Å². The number of aryl methyl sites for hydroxylation is 2. The molecule has 1 aliphatic heterocycles. The number of hydrogen-bond donors (Lipinski definition) is 1. The summed E-state index contributed by atoms with van der Waals surface area (Å²) in [4.78, 5) is 27.6. The van der Waals surface area contributed by atoms with Gasteiger partial charge in [-0.15, -0.1) is 11.3 Å². The van der Waals surface area contributed by atoms with E-state index in [-0.39, 0.29) is 18.4 Å². The van der Waals surface area contributed by atoms with E-state index in [1.807, 2.05) is 0 Å². The van der Waals surface area contributed by atoms with Crippen molar-refractivity contribution in [1.29, 1.82) is 0 Å². The molecule has 2 amide bonds. The molecule has 1 aromatic rings. The van der Waals surface area contributed by atoms with E-state index in [2.05, 4.69) is 11.4 Å². The van der Waals surface area contributed by atoms with Gasteiger partial charge in [0, 0.05) is 18.0 Å². The van der Waals surface area contributed by atoms with Crippen LogP contribution in [0.3, 0.4) is 0 Å². The van der Waals surface area contributed by atoms with Gasteiger partial charge in [0.2, 0.25) is 5.91 Å². The second-order valence-electron chi connectivity index (χ2n) is 5.20. The molecule has 2 heterocycles. The van der Waals surface area contributed by atoms with Gasteiger partial charge in [0.25, 0.3) is 5.91 Å². The number of amides is 2. The fourth-order valence-corrected chi connectivity index (χ4v) is 3.96. The second kappa shape index (κ2) is 5.33. The highest BCUT2D eigenvalue weighted by atomic mass is 32.1. The molecule has 1 aliphatic carbocycles. The minimum absolute atomic E-state index is 0.0212. The topological polar surface area (TPSA) is 49.4 Å². The van der Waals surface area contributed by atoms with Crippen molar-refractivity contribution in [2.45, 2.75) is 32.1 Å². The van der Waals surface area contributed by atoms with Gasteiger partial charge in [0.1, 0.15) is 0 Å². The number of hydrogen-bond acceptors (Lipinski definition) is 3. The molecule has 1 aromatic heterocycles. The molecule has 0 unspecified atom stereocenters. The molecule has 5 heteroatoms. The van der Waals surface area contributed by atoms with E-state index in [0.29, 0.717) is 13.1 Å². The van der Waals surface area contributed by atoms with Crippen LogP contribution in [-0.4, -0.2) is 36.3 Å². The van der Waals surface area contributed by atoms with Gasteiger partial charge in [-0.05, 0) is 37.3 Å². The number of thiophene rings is 1. The molecule has 4 nitrogen and oxygen atoms in total. The Balaban J connectivity index is 1.78. The Bertz CT molecular complexity index is 486. The summed E-state index contributed by atoms with van der Waals surface area (Å²) in [6, 6.07) is 2.06. The SMILES string of the molecule is O=C1CN(C(=O)c2cc3c(s2)CCCCC3)CCN1. The maximum absolute atomic E-state index is 12.4. The number of piperazine rings is 1. The fraction of sp³-hybridized carbons (Fsp3) is 0.571. The molecule has 0 saturated carbocycles. The molecule has 1 saturated heterocycles. The molecule has 0 radical (unpaired) electrons. The molecule has 2 aliphatic rings. The predicted octanol–water partition coefficient (Wildman–Crippen LogP) is 1.59. The van der Waals surface area contributed by atoms with E-state index in [1.165, 1.54) is 29.7 Å². The van der Waals surface area contributed by atoms with Gasteiger partial charge < -0.3 is 10.2 Å². The first-order chi connectivity index (χ1) is 9.24. The lowest BCUT2D eigenvalue weighted by molar-refractivity contribution is -0.123. The van der Waals surface area contributed by atoms with E-state index in [4.69, 9.17) is 0 Å². The minimum Gasteiger partial charge on any atom is -0.353 e. The minimum atomic E-state index is -0.0577. The lowest BCUT2D eigenvalue weighted by Crippen LogP contribution is -2.49. The standard InChI is InChI=1S/C14H18N2O2S/c17-13-9-16(7-6-15-13)14(18)12-8-10-4-2-1-3-5-11(10)19-12/h8H,1-7,9H2,(H,15,17). The molecule has 19 heavy (non-hydrogen) atoms. The second-order valence-corrected chi connectivity index (χ2v) is 6.33. The van der Waals surface area contributed by atoms with Crippen LogP contribution in [0.4, 0.5) is 0 Å². The number of rotatable bonds is 1. The van der Waals surface area contributed by atoms with Crippen LogP contribution in [0.5, 0.6) is 0 Å². The van der Waals surface area contributed by atoms with Gasteiger partial charge in [0.15, 0.2) is 0 Å². The summed E-state index contributed by atoms with van der Waals surface area (Å²) in [5.41, 5.74) is 1.35. The third-order valence-electron chi connectivity index (χ3n) is 3.78. The van der Waals surface area contributed by atoms with Crippen LogP contribution in [0.25, 0.3) is 0 Å². The van der Waals surface area contributed by atoms with Crippen molar-refractivity contribution in [3.63, 3.8) is 0 Å². The maximum atomic E-state index is 12.4. The van der Waals surface area contributed by atoms with Crippen molar-refractivity contribution >= 4 is 23.2 Å². The summed E-state index contributed by atoms with van der Waals surface area (Å²) in [6.07, 6.45) is 5.95. The Kier molecular flexibility index (Phi) is 3.55. The summed E-state index contributed by atoms with van der Waals surface area (Å²) in [6.45, 7) is 1.38. The molecule has 102 valence electrons. The summed E-state index contributed by atoms with van der Waals surface area (Å²) < 4.78 is 0. The van der Waals surface area contributed by atoms with E-state index >= 15 is 0 Å². The number of nitrogens with one attached hydrogen (secondary N) is 1. The average molecular weight is 278 g/mol. The zero-order chi connectivity index (χ0) is 13.2. The zero-order valence-corrected chi connectivity index (χ0v) is 11.7. The third-order valence-corrected chi connectivity index (χ3v) is 5.01. The summed E-state index contributed by atoms with van der Waals surface area (Å²) in [5, 5.41) is 2.75. The Morgan fingerprint density at radius 3 is 2.95 bits per heavy atom. The summed E-state index contributed by atoms with van der Waals surface area (Å²) in [7, 11) is 0. The number of fused-ring (bicyclic) bond motifs is 1. The van der Waals surface area contributed by atoms with Gasteiger partial charge in [-0.1, -0.05) is 6.42 Å². The predicted molar refractivity (Wildman–Crippen MR) is 74.5 cm³/mol. The highest BCUT2D eigenvalue weighted by molar-refractivity contribution is 7.14. The third kappa shape index (κ3) is 2.66. The molecule has 1 fully saturated rings. The molecule has 0 spiro atoms. The monoisotopic (exact) mass is 278 g/mol. The normalized spacial score (nSPS) is 19.6. The van der Waals surface area contributed by atoms with Crippen LogP contribution >= 0.6 is 11.3 Å². The number of nitrogens with zero attached hydrogens (tertiary/aromatic N) is 1. The largest absolute Gasteiger partial charge is 0.353 e. The lowest BCUT2D eigenvalue weighted by Gasteiger charge is -2.26.